The quantitative estimate of drug-likeness (QED) is 0.808. The fourth-order valence-electron chi connectivity index (χ4n) is 1.81. The first-order valence-corrected chi connectivity index (χ1v) is 10.1. The maximum atomic E-state index is 11.8. The smallest absolute Gasteiger partial charge is 0.338 e. The molecule has 0 radical (unpaired) electrons. The molecule has 2 N–H and O–H groups in total. The van der Waals surface area contributed by atoms with Gasteiger partial charge in [-0.05, 0) is 48.4 Å². The van der Waals surface area contributed by atoms with Crippen LogP contribution >= 0.6 is 0 Å². The fourth-order valence-corrected chi connectivity index (χ4v) is 2.39. The van der Waals surface area contributed by atoms with Crippen LogP contribution in [0.1, 0.15) is 51.4 Å². The summed E-state index contributed by atoms with van der Waals surface area (Å²) < 4.78 is 28.0. The number of nitrogens with two attached hydrogens (primary N) is 1. The lowest BCUT2D eigenvalue weighted by Gasteiger charge is -2.08. The van der Waals surface area contributed by atoms with Gasteiger partial charge in [0.25, 0.3) is 0 Å². The molecule has 2 rings (SSSR count). The van der Waals surface area contributed by atoms with E-state index in [2.05, 4.69) is 18.8 Å². The predicted octanol–water partition coefficient (Wildman–Crippen LogP) is 4.02. The minimum atomic E-state index is -3.93. The number of carbonyl (C=O) groups excluding carboxylic acids is 1. The number of ether oxygens (including phenoxy) is 1. The van der Waals surface area contributed by atoms with E-state index in [-0.39, 0.29) is 17.1 Å². The van der Waals surface area contributed by atoms with E-state index in [1.165, 1.54) is 18.6 Å². The Morgan fingerprint density at radius 2 is 1.58 bits per heavy atom. The molecular formula is C19H28N2O4S. The van der Waals surface area contributed by atoms with Crippen LogP contribution in [0.3, 0.4) is 0 Å². The number of esters is 1. The maximum absolute atomic E-state index is 11.8. The second-order valence-corrected chi connectivity index (χ2v) is 6.52. The van der Waals surface area contributed by atoms with Crippen LogP contribution in [0.25, 0.3) is 11.1 Å². The van der Waals surface area contributed by atoms with Crippen molar-refractivity contribution in [2.24, 2.45) is 5.14 Å². The van der Waals surface area contributed by atoms with E-state index < -0.39 is 16.0 Å². The number of hydrogen-bond acceptors (Lipinski definition) is 5. The Balaban J connectivity index is 0.00000113. The number of aromatic nitrogens is 1. The number of hydrogen-bond donors (Lipinski definition) is 1. The van der Waals surface area contributed by atoms with Crippen LogP contribution in [0.15, 0.2) is 47.6 Å². The number of carbonyl (C=O) groups is 1. The van der Waals surface area contributed by atoms with Crippen LogP contribution in [-0.4, -0.2) is 26.0 Å². The number of benzene rings is 1. The van der Waals surface area contributed by atoms with E-state index in [9.17, 15) is 13.2 Å². The molecule has 2 aromatic rings. The molecule has 1 heterocycles. The van der Waals surface area contributed by atoms with Crippen LogP contribution < -0.4 is 5.14 Å². The molecule has 0 amide bonds. The molecule has 0 unspecified atom stereocenters. The van der Waals surface area contributed by atoms with E-state index >= 15 is 0 Å². The minimum Gasteiger partial charge on any atom is -0.462 e. The molecule has 0 atom stereocenters. The molecule has 0 saturated heterocycles. The molecule has 0 spiro atoms. The van der Waals surface area contributed by atoms with Gasteiger partial charge in [-0.2, -0.15) is 0 Å². The van der Waals surface area contributed by atoms with Crippen molar-refractivity contribution in [3.05, 3.63) is 48.3 Å². The van der Waals surface area contributed by atoms with Crippen molar-refractivity contribution >= 4 is 16.0 Å². The molecule has 0 bridgehead atoms. The zero-order valence-corrected chi connectivity index (χ0v) is 16.8. The Hall–Kier alpha value is -2.25. The predicted molar refractivity (Wildman–Crippen MR) is 104 cm³/mol. The van der Waals surface area contributed by atoms with Crippen LogP contribution in [0.4, 0.5) is 0 Å². The molecule has 1 aromatic carbocycles. The van der Waals surface area contributed by atoms with Crippen molar-refractivity contribution in [1.29, 1.82) is 0 Å². The summed E-state index contributed by atoms with van der Waals surface area (Å²) in [5.74, 6) is -0.599. The van der Waals surface area contributed by atoms with E-state index in [0.717, 1.165) is 5.56 Å². The van der Waals surface area contributed by atoms with E-state index in [4.69, 9.17) is 9.88 Å². The number of pyridine rings is 1. The van der Waals surface area contributed by atoms with Crippen molar-refractivity contribution in [2.45, 2.75) is 45.9 Å². The summed E-state index contributed by atoms with van der Waals surface area (Å²) in [6.45, 7) is 10.1. The molecule has 0 aliphatic rings. The SMILES string of the molecule is CC.CCC.CCOC(=O)c1cc(-c2ccncc2)cc(S(N)(=O)=O)c1. The lowest BCUT2D eigenvalue weighted by Crippen LogP contribution is -2.14. The van der Waals surface area contributed by atoms with Crippen molar-refractivity contribution in [2.75, 3.05) is 6.61 Å². The summed E-state index contributed by atoms with van der Waals surface area (Å²) in [4.78, 5) is 15.6. The number of primary sulfonamides is 1. The van der Waals surface area contributed by atoms with Gasteiger partial charge in [-0.15, -0.1) is 0 Å². The van der Waals surface area contributed by atoms with E-state index in [1.54, 1.807) is 37.5 Å². The molecule has 144 valence electrons. The van der Waals surface area contributed by atoms with Gasteiger partial charge in [-0.25, -0.2) is 18.4 Å². The van der Waals surface area contributed by atoms with Crippen molar-refractivity contribution in [3.8, 4) is 11.1 Å². The highest BCUT2D eigenvalue weighted by molar-refractivity contribution is 7.89. The van der Waals surface area contributed by atoms with Gasteiger partial charge < -0.3 is 4.74 Å². The van der Waals surface area contributed by atoms with Gasteiger partial charge in [0.1, 0.15) is 0 Å². The Kier molecular flexibility index (Phi) is 11.1. The average Bonchev–Trinajstić information content (AvgIpc) is 2.64. The van der Waals surface area contributed by atoms with Crippen LogP contribution in [-0.2, 0) is 14.8 Å². The van der Waals surface area contributed by atoms with Crippen molar-refractivity contribution in [3.63, 3.8) is 0 Å². The Morgan fingerprint density at radius 3 is 2.04 bits per heavy atom. The summed E-state index contributed by atoms with van der Waals surface area (Å²) in [6.07, 6.45) is 4.39. The van der Waals surface area contributed by atoms with Gasteiger partial charge in [0.2, 0.25) is 10.0 Å². The number of nitrogens with zero attached hydrogens (tertiary/aromatic N) is 1. The zero-order chi connectivity index (χ0) is 20.2. The molecule has 0 aliphatic heterocycles. The van der Waals surface area contributed by atoms with Gasteiger partial charge in [0, 0.05) is 12.4 Å². The summed E-state index contributed by atoms with van der Waals surface area (Å²) in [5, 5.41) is 5.15. The van der Waals surface area contributed by atoms with Gasteiger partial charge in [0.15, 0.2) is 0 Å². The molecular weight excluding hydrogens is 352 g/mol. The summed E-state index contributed by atoms with van der Waals surface area (Å²) >= 11 is 0. The first kappa shape index (κ1) is 23.8. The molecule has 6 nitrogen and oxygen atoms in total. The summed E-state index contributed by atoms with van der Waals surface area (Å²) in [7, 11) is -3.93. The van der Waals surface area contributed by atoms with Gasteiger partial charge in [-0.3, -0.25) is 4.98 Å². The van der Waals surface area contributed by atoms with E-state index in [1.807, 2.05) is 13.8 Å². The first-order chi connectivity index (χ1) is 12.3. The topological polar surface area (TPSA) is 99.3 Å². The third-order valence-electron chi connectivity index (χ3n) is 2.76. The Morgan fingerprint density at radius 1 is 1.04 bits per heavy atom. The number of rotatable bonds is 4. The standard InChI is InChI=1S/C14H14N2O4S.C3H8.C2H6/c1-2-20-14(17)12-7-11(10-3-5-16-6-4-10)8-13(9-12)21(15,18)19;1-3-2;1-2/h3-9H,2H2,1H3,(H2,15,18,19);3H2,1-2H3;1-2H3. The van der Waals surface area contributed by atoms with Crippen molar-refractivity contribution < 1.29 is 17.9 Å². The first-order valence-electron chi connectivity index (χ1n) is 8.58. The maximum Gasteiger partial charge on any atom is 0.338 e. The zero-order valence-electron chi connectivity index (χ0n) is 16.0. The monoisotopic (exact) mass is 380 g/mol. The van der Waals surface area contributed by atoms with Crippen LogP contribution in [0.2, 0.25) is 0 Å². The van der Waals surface area contributed by atoms with Crippen LogP contribution in [0.5, 0.6) is 0 Å². The molecule has 1 aromatic heterocycles. The van der Waals surface area contributed by atoms with Crippen LogP contribution in [0, 0.1) is 0 Å². The molecule has 0 aliphatic carbocycles. The van der Waals surface area contributed by atoms with E-state index in [0.29, 0.717) is 5.56 Å². The fraction of sp³-hybridized carbons (Fsp3) is 0.368. The lowest BCUT2D eigenvalue weighted by molar-refractivity contribution is 0.0526. The second kappa shape index (κ2) is 12.2. The Labute approximate surface area is 156 Å². The van der Waals surface area contributed by atoms with Gasteiger partial charge in [0.05, 0.1) is 17.1 Å². The summed E-state index contributed by atoms with van der Waals surface area (Å²) in [5.41, 5.74) is 1.41. The molecule has 0 saturated carbocycles. The lowest BCUT2D eigenvalue weighted by atomic mass is 10.0. The Bertz CT molecular complexity index is 775. The molecule has 0 fully saturated rings. The highest BCUT2D eigenvalue weighted by Crippen LogP contribution is 2.24. The number of sulfonamides is 1. The van der Waals surface area contributed by atoms with Crippen molar-refractivity contribution in [1.82, 2.24) is 4.98 Å². The summed E-state index contributed by atoms with van der Waals surface area (Å²) in [6, 6.07) is 7.59. The van der Waals surface area contributed by atoms with Gasteiger partial charge in [-0.1, -0.05) is 34.1 Å². The molecule has 7 heteroatoms. The van der Waals surface area contributed by atoms with Gasteiger partial charge >= 0.3 is 5.97 Å². The third kappa shape index (κ3) is 7.76. The highest BCUT2D eigenvalue weighted by atomic mass is 32.2. The largest absolute Gasteiger partial charge is 0.462 e. The average molecular weight is 381 g/mol. The molecule has 26 heavy (non-hydrogen) atoms. The third-order valence-corrected chi connectivity index (χ3v) is 3.65. The minimum absolute atomic E-state index is 0.134. The normalized spacial score (nSPS) is 9.92. The second-order valence-electron chi connectivity index (χ2n) is 4.95. The highest BCUT2D eigenvalue weighted by Gasteiger charge is 2.16.